The molecule has 0 saturated carbocycles. The van der Waals surface area contributed by atoms with Crippen molar-refractivity contribution in [3.63, 3.8) is 0 Å². The molecule has 1 saturated heterocycles. The first-order chi connectivity index (χ1) is 16.7. The lowest BCUT2D eigenvalue weighted by Crippen LogP contribution is -2.38. The Morgan fingerprint density at radius 1 is 1.17 bits per heavy atom. The van der Waals surface area contributed by atoms with Gasteiger partial charge in [-0.15, -0.1) is 13.2 Å². The van der Waals surface area contributed by atoms with E-state index in [-0.39, 0.29) is 42.1 Å². The lowest BCUT2D eigenvalue weighted by atomic mass is 9.88. The Bertz CT molecular complexity index is 1200. The summed E-state index contributed by atoms with van der Waals surface area (Å²) in [6.07, 6.45) is -2.18. The molecule has 188 valence electrons. The number of amides is 1. The monoisotopic (exact) mass is 493 g/mol. The molecule has 1 amide bonds. The summed E-state index contributed by atoms with van der Waals surface area (Å²) in [5.41, 5.74) is 7.61. The van der Waals surface area contributed by atoms with E-state index >= 15 is 0 Å². The van der Waals surface area contributed by atoms with Gasteiger partial charge in [0.15, 0.2) is 5.75 Å². The van der Waals surface area contributed by atoms with Crippen molar-refractivity contribution in [1.82, 2.24) is 9.47 Å². The Labute approximate surface area is 200 Å². The standard InChI is InChI=1S/C25H27F4N3O3/c1-34-12-11-32-15-20(18-3-2-4-22(23(18)32)35-25(27,28)29)24(33)31-9-7-17(8-10-31)19-13-16(14-30)5-6-21(19)26/h2-6,13,15,17H,7-12,14,30H2,1H3. The SMILES string of the molecule is COCCn1cc(C(=O)N2CCC(c3cc(CN)ccc3F)CC2)c2cccc(OC(F)(F)F)c21. The number of nitrogens with two attached hydrogens (primary N) is 1. The third-order valence-electron chi connectivity index (χ3n) is 6.37. The number of hydrogen-bond donors (Lipinski definition) is 1. The zero-order valence-electron chi connectivity index (χ0n) is 19.3. The number of halogens is 4. The molecule has 0 bridgehead atoms. The van der Waals surface area contributed by atoms with Gasteiger partial charge < -0.3 is 24.7 Å². The Morgan fingerprint density at radius 2 is 1.91 bits per heavy atom. The zero-order chi connectivity index (χ0) is 25.2. The fourth-order valence-electron chi connectivity index (χ4n) is 4.67. The van der Waals surface area contributed by atoms with Crippen molar-refractivity contribution in [2.45, 2.75) is 38.2 Å². The highest BCUT2D eigenvalue weighted by Gasteiger charge is 2.33. The minimum absolute atomic E-state index is 0.0413. The Hall–Kier alpha value is -3.11. The summed E-state index contributed by atoms with van der Waals surface area (Å²) in [4.78, 5) is 15.1. The normalized spacial score (nSPS) is 15.1. The number of piperidine rings is 1. The number of carbonyl (C=O) groups is 1. The first-order valence-corrected chi connectivity index (χ1v) is 11.4. The summed E-state index contributed by atoms with van der Waals surface area (Å²) in [6.45, 7) is 1.62. The average Bonchev–Trinajstić information content (AvgIpc) is 3.21. The lowest BCUT2D eigenvalue weighted by Gasteiger charge is -2.32. The van der Waals surface area contributed by atoms with Crippen LogP contribution >= 0.6 is 0 Å². The number of para-hydroxylation sites is 1. The van der Waals surface area contributed by atoms with Gasteiger partial charge in [0, 0.05) is 44.9 Å². The van der Waals surface area contributed by atoms with Crippen LogP contribution in [0.1, 0.15) is 40.2 Å². The van der Waals surface area contributed by atoms with Crippen molar-refractivity contribution in [3.8, 4) is 5.75 Å². The predicted molar refractivity (Wildman–Crippen MR) is 123 cm³/mol. The van der Waals surface area contributed by atoms with Gasteiger partial charge in [0.05, 0.1) is 17.7 Å². The summed E-state index contributed by atoms with van der Waals surface area (Å²) in [7, 11) is 1.49. The quantitative estimate of drug-likeness (QED) is 0.480. The second-order valence-electron chi connectivity index (χ2n) is 8.56. The summed E-state index contributed by atoms with van der Waals surface area (Å²) in [5.74, 6) is -0.991. The van der Waals surface area contributed by atoms with E-state index in [9.17, 15) is 22.4 Å². The maximum absolute atomic E-state index is 14.4. The highest BCUT2D eigenvalue weighted by molar-refractivity contribution is 6.08. The Balaban J connectivity index is 1.59. The van der Waals surface area contributed by atoms with Crippen LogP contribution in [0.5, 0.6) is 5.75 Å². The van der Waals surface area contributed by atoms with E-state index in [0.29, 0.717) is 49.0 Å². The molecule has 10 heteroatoms. The molecule has 0 unspecified atom stereocenters. The van der Waals surface area contributed by atoms with Gasteiger partial charge in [-0.25, -0.2) is 4.39 Å². The topological polar surface area (TPSA) is 69.7 Å². The third kappa shape index (κ3) is 5.43. The van der Waals surface area contributed by atoms with Gasteiger partial charge >= 0.3 is 6.36 Å². The van der Waals surface area contributed by atoms with Crippen molar-refractivity contribution in [2.75, 3.05) is 26.8 Å². The van der Waals surface area contributed by atoms with Crippen LogP contribution in [-0.4, -0.2) is 48.5 Å². The highest BCUT2D eigenvalue weighted by Crippen LogP contribution is 2.36. The molecule has 6 nitrogen and oxygen atoms in total. The molecule has 1 aliphatic heterocycles. The van der Waals surface area contributed by atoms with E-state index < -0.39 is 6.36 Å². The molecule has 1 aromatic heterocycles. The number of methoxy groups -OCH3 is 1. The van der Waals surface area contributed by atoms with E-state index in [1.807, 2.05) is 0 Å². The number of rotatable bonds is 7. The molecular weight excluding hydrogens is 466 g/mol. The number of fused-ring (bicyclic) bond motifs is 1. The molecule has 35 heavy (non-hydrogen) atoms. The first kappa shape index (κ1) is 25.0. The highest BCUT2D eigenvalue weighted by atomic mass is 19.4. The lowest BCUT2D eigenvalue weighted by molar-refractivity contribution is -0.274. The maximum Gasteiger partial charge on any atom is 0.573 e. The van der Waals surface area contributed by atoms with Crippen LogP contribution in [0.2, 0.25) is 0 Å². The number of alkyl halides is 3. The number of hydrogen-bond acceptors (Lipinski definition) is 4. The summed E-state index contributed by atoms with van der Waals surface area (Å²) in [6, 6.07) is 9.12. The third-order valence-corrected chi connectivity index (χ3v) is 6.37. The number of carbonyl (C=O) groups excluding carboxylic acids is 1. The largest absolute Gasteiger partial charge is 0.573 e. The molecule has 1 aliphatic rings. The van der Waals surface area contributed by atoms with Crippen molar-refractivity contribution in [2.24, 2.45) is 5.73 Å². The molecule has 0 aliphatic carbocycles. The van der Waals surface area contributed by atoms with Crippen LogP contribution < -0.4 is 10.5 Å². The molecule has 2 aromatic carbocycles. The Kier molecular flexibility index (Phi) is 7.32. The molecule has 2 heterocycles. The molecule has 0 spiro atoms. The van der Waals surface area contributed by atoms with E-state index in [2.05, 4.69) is 4.74 Å². The molecular formula is C25H27F4N3O3. The van der Waals surface area contributed by atoms with Gasteiger partial charge in [-0.2, -0.15) is 0 Å². The predicted octanol–water partition coefficient (Wildman–Crippen LogP) is 4.80. The second kappa shape index (κ2) is 10.2. The van der Waals surface area contributed by atoms with E-state index in [4.69, 9.17) is 10.5 Å². The van der Waals surface area contributed by atoms with Crippen molar-refractivity contribution in [1.29, 1.82) is 0 Å². The minimum atomic E-state index is -4.87. The Morgan fingerprint density at radius 3 is 2.57 bits per heavy atom. The van der Waals surface area contributed by atoms with Crippen LogP contribution in [0.15, 0.2) is 42.6 Å². The van der Waals surface area contributed by atoms with Gasteiger partial charge in [0.1, 0.15) is 5.82 Å². The number of likely N-dealkylation sites (tertiary alicyclic amines) is 1. The number of ether oxygens (including phenoxy) is 2. The van der Waals surface area contributed by atoms with Gasteiger partial charge in [-0.1, -0.05) is 24.3 Å². The van der Waals surface area contributed by atoms with Crippen LogP contribution in [0, 0.1) is 5.82 Å². The molecule has 4 rings (SSSR count). The van der Waals surface area contributed by atoms with E-state index in [0.717, 1.165) is 5.56 Å². The van der Waals surface area contributed by atoms with Crippen LogP contribution in [0.3, 0.4) is 0 Å². The molecule has 0 radical (unpaired) electrons. The van der Waals surface area contributed by atoms with Crippen molar-refractivity contribution >= 4 is 16.8 Å². The minimum Gasteiger partial charge on any atom is -0.404 e. The van der Waals surface area contributed by atoms with Gasteiger partial charge in [-0.05, 0) is 42.0 Å². The summed E-state index contributed by atoms with van der Waals surface area (Å²) < 4.78 is 64.3. The number of benzene rings is 2. The van der Waals surface area contributed by atoms with Gasteiger partial charge in [0.25, 0.3) is 5.91 Å². The number of aromatic nitrogens is 1. The fourth-order valence-corrected chi connectivity index (χ4v) is 4.67. The summed E-state index contributed by atoms with van der Waals surface area (Å²) >= 11 is 0. The van der Waals surface area contributed by atoms with E-state index in [1.165, 1.54) is 25.3 Å². The first-order valence-electron chi connectivity index (χ1n) is 11.4. The van der Waals surface area contributed by atoms with E-state index in [1.54, 1.807) is 33.9 Å². The second-order valence-corrected chi connectivity index (χ2v) is 8.56. The van der Waals surface area contributed by atoms with Crippen LogP contribution in [0.25, 0.3) is 10.9 Å². The zero-order valence-corrected chi connectivity index (χ0v) is 19.3. The van der Waals surface area contributed by atoms with Crippen molar-refractivity contribution < 1.29 is 31.8 Å². The average molecular weight is 494 g/mol. The molecule has 0 atom stereocenters. The molecule has 3 aromatic rings. The smallest absolute Gasteiger partial charge is 0.404 e. The number of nitrogens with zero attached hydrogens (tertiary/aromatic N) is 2. The van der Waals surface area contributed by atoms with Gasteiger partial charge in [-0.3, -0.25) is 4.79 Å². The molecule has 1 fully saturated rings. The molecule has 2 N–H and O–H groups in total. The van der Waals surface area contributed by atoms with Crippen molar-refractivity contribution in [3.05, 3.63) is 65.1 Å². The maximum atomic E-state index is 14.4. The van der Waals surface area contributed by atoms with Gasteiger partial charge in [0.2, 0.25) is 0 Å². The summed E-state index contributed by atoms with van der Waals surface area (Å²) in [5, 5.41) is 0.372. The van der Waals surface area contributed by atoms with Crippen LogP contribution in [0.4, 0.5) is 17.6 Å². The van der Waals surface area contributed by atoms with Crippen LogP contribution in [-0.2, 0) is 17.8 Å². The fraction of sp³-hybridized carbons (Fsp3) is 0.400.